The summed E-state index contributed by atoms with van der Waals surface area (Å²) in [5.74, 6) is 0.823. The van der Waals surface area contributed by atoms with Crippen LogP contribution in [0.3, 0.4) is 0 Å². The van der Waals surface area contributed by atoms with Gasteiger partial charge in [-0.25, -0.2) is 0 Å². The number of nitrogens with zero attached hydrogens (tertiary/aromatic N) is 1. The Hall–Kier alpha value is -0.460. The van der Waals surface area contributed by atoms with Gasteiger partial charge >= 0.3 is 0 Å². The minimum atomic E-state index is 0.823. The van der Waals surface area contributed by atoms with E-state index in [4.69, 9.17) is 0 Å². The third-order valence-electron chi connectivity index (χ3n) is 2.32. The van der Waals surface area contributed by atoms with Crippen LogP contribution in [0.25, 0.3) is 0 Å². The molecule has 1 rings (SSSR count). The Morgan fingerprint density at radius 3 is 2.73 bits per heavy atom. The van der Waals surface area contributed by atoms with Gasteiger partial charge in [-0.1, -0.05) is 20.4 Å². The molecule has 0 spiro atoms. The molecule has 0 atom stereocenters. The Bertz CT molecular complexity index is 138. The summed E-state index contributed by atoms with van der Waals surface area (Å²) >= 11 is 0. The molecule has 0 unspecified atom stereocenters. The monoisotopic (exact) mass is 153 g/mol. The smallest absolute Gasteiger partial charge is 0.0178 e. The SMILES string of the molecule is C=C1CCCN1CCC(C)C. The quantitative estimate of drug-likeness (QED) is 0.602. The minimum Gasteiger partial charge on any atom is -0.375 e. The standard InChI is InChI=1S/C10H19N/c1-9(2)6-8-11-7-4-5-10(11)3/h9H,3-8H2,1-2H3. The molecule has 0 aromatic carbocycles. The lowest BCUT2D eigenvalue weighted by Gasteiger charge is -2.19. The van der Waals surface area contributed by atoms with Crippen LogP contribution in [0.1, 0.15) is 33.1 Å². The lowest BCUT2D eigenvalue weighted by Crippen LogP contribution is -2.19. The molecule has 1 heteroatoms. The summed E-state index contributed by atoms with van der Waals surface area (Å²) in [6, 6.07) is 0. The second-order valence-electron chi connectivity index (χ2n) is 3.84. The van der Waals surface area contributed by atoms with Gasteiger partial charge in [0.25, 0.3) is 0 Å². The van der Waals surface area contributed by atoms with E-state index < -0.39 is 0 Å². The topological polar surface area (TPSA) is 3.24 Å². The number of hydrogen-bond donors (Lipinski definition) is 0. The maximum atomic E-state index is 4.04. The third kappa shape index (κ3) is 2.57. The molecular formula is C10H19N. The maximum absolute atomic E-state index is 4.04. The summed E-state index contributed by atoms with van der Waals surface area (Å²) in [7, 11) is 0. The van der Waals surface area contributed by atoms with Crippen molar-refractivity contribution < 1.29 is 0 Å². The zero-order chi connectivity index (χ0) is 8.27. The van der Waals surface area contributed by atoms with E-state index >= 15 is 0 Å². The molecular weight excluding hydrogens is 134 g/mol. The van der Waals surface area contributed by atoms with Gasteiger partial charge in [-0.05, 0) is 25.2 Å². The van der Waals surface area contributed by atoms with Crippen LogP contribution in [0.2, 0.25) is 0 Å². The lowest BCUT2D eigenvalue weighted by atomic mass is 10.1. The summed E-state index contributed by atoms with van der Waals surface area (Å²) in [6.45, 7) is 11.1. The van der Waals surface area contributed by atoms with Crippen LogP contribution in [-0.2, 0) is 0 Å². The first kappa shape index (κ1) is 8.63. The summed E-state index contributed by atoms with van der Waals surface area (Å²) in [5, 5.41) is 0. The van der Waals surface area contributed by atoms with Crippen molar-refractivity contribution in [1.29, 1.82) is 0 Å². The van der Waals surface area contributed by atoms with Crippen LogP contribution < -0.4 is 0 Å². The summed E-state index contributed by atoms with van der Waals surface area (Å²) < 4.78 is 0. The molecule has 0 aliphatic carbocycles. The molecule has 0 bridgehead atoms. The Labute approximate surface area is 70.1 Å². The van der Waals surface area contributed by atoms with Crippen LogP contribution in [-0.4, -0.2) is 18.0 Å². The van der Waals surface area contributed by atoms with Crippen LogP contribution in [0.5, 0.6) is 0 Å². The van der Waals surface area contributed by atoms with Gasteiger partial charge in [-0.3, -0.25) is 0 Å². The second-order valence-corrected chi connectivity index (χ2v) is 3.84. The molecule has 64 valence electrons. The van der Waals surface area contributed by atoms with E-state index in [0.717, 1.165) is 5.92 Å². The first-order chi connectivity index (χ1) is 5.20. The highest BCUT2D eigenvalue weighted by Crippen LogP contribution is 2.19. The van der Waals surface area contributed by atoms with Gasteiger partial charge in [0.1, 0.15) is 0 Å². The van der Waals surface area contributed by atoms with Gasteiger partial charge in [-0.2, -0.15) is 0 Å². The molecule has 1 aliphatic heterocycles. The van der Waals surface area contributed by atoms with Crippen molar-refractivity contribution in [3.05, 3.63) is 12.3 Å². The van der Waals surface area contributed by atoms with Crippen LogP contribution in [0.4, 0.5) is 0 Å². The normalized spacial score (nSPS) is 18.5. The largest absolute Gasteiger partial charge is 0.375 e. The van der Waals surface area contributed by atoms with Crippen molar-refractivity contribution in [3.8, 4) is 0 Å². The van der Waals surface area contributed by atoms with E-state index in [1.807, 2.05) is 0 Å². The van der Waals surface area contributed by atoms with Gasteiger partial charge in [-0.15, -0.1) is 0 Å². The molecule has 0 aromatic rings. The molecule has 1 fully saturated rings. The average molecular weight is 153 g/mol. The highest BCUT2D eigenvalue weighted by molar-refractivity contribution is 4.98. The summed E-state index contributed by atoms with van der Waals surface area (Å²) in [5.41, 5.74) is 1.35. The van der Waals surface area contributed by atoms with E-state index in [1.165, 1.54) is 38.0 Å². The van der Waals surface area contributed by atoms with E-state index in [-0.39, 0.29) is 0 Å². The number of allylic oxidation sites excluding steroid dienone is 1. The Morgan fingerprint density at radius 1 is 1.55 bits per heavy atom. The Balaban J connectivity index is 2.20. The van der Waals surface area contributed by atoms with E-state index in [0.29, 0.717) is 0 Å². The number of rotatable bonds is 3. The van der Waals surface area contributed by atoms with Gasteiger partial charge in [0.15, 0.2) is 0 Å². The number of hydrogen-bond acceptors (Lipinski definition) is 1. The van der Waals surface area contributed by atoms with Crippen molar-refractivity contribution in [2.75, 3.05) is 13.1 Å². The molecule has 1 heterocycles. The summed E-state index contributed by atoms with van der Waals surface area (Å²) in [4.78, 5) is 2.43. The zero-order valence-electron chi connectivity index (χ0n) is 7.77. The molecule has 1 aliphatic rings. The Morgan fingerprint density at radius 2 is 2.27 bits per heavy atom. The van der Waals surface area contributed by atoms with E-state index in [1.54, 1.807) is 0 Å². The van der Waals surface area contributed by atoms with Gasteiger partial charge in [0.05, 0.1) is 0 Å². The first-order valence-electron chi connectivity index (χ1n) is 4.63. The van der Waals surface area contributed by atoms with Crippen LogP contribution >= 0.6 is 0 Å². The highest BCUT2D eigenvalue weighted by atomic mass is 15.1. The zero-order valence-corrected chi connectivity index (χ0v) is 7.77. The number of likely N-dealkylation sites (tertiary alicyclic amines) is 1. The van der Waals surface area contributed by atoms with Crippen LogP contribution in [0, 0.1) is 5.92 Å². The fraction of sp³-hybridized carbons (Fsp3) is 0.800. The fourth-order valence-electron chi connectivity index (χ4n) is 1.47. The molecule has 11 heavy (non-hydrogen) atoms. The van der Waals surface area contributed by atoms with Crippen molar-refractivity contribution in [2.24, 2.45) is 5.92 Å². The fourth-order valence-corrected chi connectivity index (χ4v) is 1.47. The molecule has 0 amide bonds. The lowest BCUT2D eigenvalue weighted by molar-refractivity contribution is 0.359. The first-order valence-corrected chi connectivity index (χ1v) is 4.63. The average Bonchev–Trinajstić information content (AvgIpc) is 2.31. The van der Waals surface area contributed by atoms with Gasteiger partial charge in [0, 0.05) is 18.8 Å². The predicted molar refractivity (Wildman–Crippen MR) is 49.4 cm³/mol. The maximum Gasteiger partial charge on any atom is 0.0178 e. The molecule has 1 nitrogen and oxygen atoms in total. The summed E-state index contributed by atoms with van der Waals surface area (Å²) in [6.07, 6.45) is 3.84. The van der Waals surface area contributed by atoms with Crippen molar-refractivity contribution in [1.82, 2.24) is 4.90 Å². The van der Waals surface area contributed by atoms with Crippen molar-refractivity contribution >= 4 is 0 Å². The Kier molecular flexibility index (Phi) is 2.98. The highest BCUT2D eigenvalue weighted by Gasteiger charge is 2.13. The van der Waals surface area contributed by atoms with Gasteiger partial charge in [0.2, 0.25) is 0 Å². The van der Waals surface area contributed by atoms with Crippen molar-refractivity contribution in [3.63, 3.8) is 0 Å². The van der Waals surface area contributed by atoms with Gasteiger partial charge < -0.3 is 4.90 Å². The van der Waals surface area contributed by atoms with Crippen molar-refractivity contribution in [2.45, 2.75) is 33.1 Å². The van der Waals surface area contributed by atoms with Crippen LogP contribution in [0.15, 0.2) is 12.3 Å². The molecule has 0 radical (unpaired) electrons. The molecule has 0 aromatic heterocycles. The molecule has 0 N–H and O–H groups in total. The van der Waals surface area contributed by atoms with E-state index in [2.05, 4.69) is 25.3 Å². The molecule has 1 saturated heterocycles. The predicted octanol–water partition coefficient (Wildman–Crippen LogP) is 2.64. The second kappa shape index (κ2) is 3.80. The molecule has 0 saturated carbocycles. The minimum absolute atomic E-state index is 0.823. The third-order valence-corrected chi connectivity index (χ3v) is 2.32. The van der Waals surface area contributed by atoms with E-state index in [9.17, 15) is 0 Å².